The van der Waals surface area contributed by atoms with Crippen LogP contribution in [0.5, 0.6) is 0 Å². The fourth-order valence-corrected chi connectivity index (χ4v) is 2.65. The zero-order valence-electron chi connectivity index (χ0n) is 13.2. The van der Waals surface area contributed by atoms with E-state index in [9.17, 15) is 14.7 Å². The second-order valence-electron chi connectivity index (χ2n) is 5.15. The largest absolute Gasteiger partial charge is 0.478 e. The molecule has 0 aliphatic heterocycles. The van der Waals surface area contributed by atoms with Crippen molar-refractivity contribution in [3.05, 3.63) is 47.3 Å². The highest BCUT2D eigenvalue weighted by atomic mass is 16.5. The van der Waals surface area contributed by atoms with Gasteiger partial charge in [-0.05, 0) is 19.4 Å². The number of carbonyl (C=O) groups excluding carboxylic acids is 1. The van der Waals surface area contributed by atoms with Crippen molar-refractivity contribution in [3.63, 3.8) is 0 Å². The number of aromatic nitrogens is 3. The minimum atomic E-state index is -1.16. The van der Waals surface area contributed by atoms with Crippen LogP contribution in [0, 0.1) is 6.92 Å². The molecule has 0 aliphatic rings. The molecule has 0 amide bonds. The van der Waals surface area contributed by atoms with Crippen molar-refractivity contribution in [1.82, 2.24) is 15.2 Å². The lowest BCUT2D eigenvalue weighted by Crippen LogP contribution is -2.13. The number of H-pyrrole nitrogens is 1. The third kappa shape index (κ3) is 2.50. The Bertz CT molecular complexity index is 932. The lowest BCUT2D eigenvalue weighted by Gasteiger charge is -2.12. The van der Waals surface area contributed by atoms with E-state index in [-0.39, 0.29) is 29.1 Å². The van der Waals surface area contributed by atoms with Gasteiger partial charge in [-0.25, -0.2) is 14.6 Å². The van der Waals surface area contributed by atoms with Crippen LogP contribution >= 0.6 is 0 Å². The minimum Gasteiger partial charge on any atom is -0.478 e. The molecular weight excluding hydrogens is 310 g/mol. The van der Waals surface area contributed by atoms with E-state index in [2.05, 4.69) is 15.2 Å². The van der Waals surface area contributed by atoms with Gasteiger partial charge < -0.3 is 9.84 Å². The van der Waals surface area contributed by atoms with Crippen molar-refractivity contribution in [2.24, 2.45) is 0 Å². The van der Waals surface area contributed by atoms with Crippen LogP contribution in [0.4, 0.5) is 0 Å². The van der Waals surface area contributed by atoms with Gasteiger partial charge in [-0.15, -0.1) is 0 Å². The third-order valence-corrected chi connectivity index (χ3v) is 3.63. The molecule has 0 atom stereocenters. The number of rotatable bonds is 4. The number of aromatic carboxylic acids is 1. The van der Waals surface area contributed by atoms with Crippen LogP contribution in [0.3, 0.4) is 0 Å². The quantitative estimate of drug-likeness (QED) is 0.715. The van der Waals surface area contributed by atoms with Crippen LogP contribution in [-0.2, 0) is 4.74 Å². The van der Waals surface area contributed by atoms with Crippen molar-refractivity contribution in [1.29, 1.82) is 0 Å². The Morgan fingerprint density at radius 3 is 2.58 bits per heavy atom. The molecule has 0 saturated carbocycles. The lowest BCUT2D eigenvalue weighted by molar-refractivity contribution is 0.0521. The molecule has 0 spiro atoms. The van der Waals surface area contributed by atoms with Crippen LogP contribution in [0.1, 0.15) is 33.5 Å². The zero-order chi connectivity index (χ0) is 17.3. The Kier molecular flexibility index (Phi) is 3.99. The number of nitrogens with one attached hydrogen (secondary N) is 1. The molecule has 0 bridgehead atoms. The molecule has 0 saturated heterocycles. The Balaban J connectivity index is 2.45. The molecule has 0 unspecified atom stereocenters. The Morgan fingerprint density at radius 2 is 1.96 bits per heavy atom. The highest BCUT2D eigenvalue weighted by Gasteiger charge is 2.28. The van der Waals surface area contributed by atoms with E-state index in [1.165, 1.54) is 0 Å². The van der Waals surface area contributed by atoms with Crippen molar-refractivity contribution < 1.29 is 19.4 Å². The number of esters is 1. The average Bonchev–Trinajstić information content (AvgIpc) is 2.95. The molecule has 2 N–H and O–H groups in total. The van der Waals surface area contributed by atoms with Crippen molar-refractivity contribution in [2.75, 3.05) is 6.61 Å². The van der Waals surface area contributed by atoms with Gasteiger partial charge in [0.1, 0.15) is 0 Å². The number of pyridine rings is 1. The van der Waals surface area contributed by atoms with Crippen LogP contribution < -0.4 is 0 Å². The number of aromatic amines is 1. The molecule has 2 aromatic heterocycles. The van der Waals surface area contributed by atoms with Gasteiger partial charge in [-0.3, -0.25) is 5.10 Å². The normalized spacial score (nSPS) is 10.8. The second kappa shape index (κ2) is 6.11. The monoisotopic (exact) mass is 325 g/mol. The Hall–Kier alpha value is -3.22. The first-order valence-electron chi connectivity index (χ1n) is 7.39. The summed E-state index contributed by atoms with van der Waals surface area (Å²) >= 11 is 0. The van der Waals surface area contributed by atoms with Gasteiger partial charge in [0.25, 0.3) is 0 Å². The Labute approximate surface area is 137 Å². The Morgan fingerprint density at radius 1 is 1.25 bits per heavy atom. The SMILES string of the molecule is CCOC(=O)c1nc2n[nH]c(C)c2c(C(=O)O)c1-c1ccccc1. The molecular formula is C17H15N3O4. The van der Waals surface area contributed by atoms with Crippen LogP contribution in [-0.4, -0.2) is 38.8 Å². The summed E-state index contributed by atoms with van der Waals surface area (Å²) in [5, 5.41) is 16.9. The van der Waals surface area contributed by atoms with E-state index in [0.717, 1.165) is 0 Å². The molecule has 0 aliphatic carbocycles. The van der Waals surface area contributed by atoms with E-state index in [1.54, 1.807) is 38.1 Å². The molecule has 0 radical (unpaired) electrons. The fourth-order valence-electron chi connectivity index (χ4n) is 2.65. The predicted octanol–water partition coefficient (Wildman–Crippen LogP) is 2.81. The number of hydrogen-bond donors (Lipinski definition) is 2. The van der Waals surface area contributed by atoms with E-state index in [0.29, 0.717) is 16.6 Å². The predicted molar refractivity (Wildman–Crippen MR) is 87.0 cm³/mol. The number of nitrogens with zero attached hydrogens (tertiary/aromatic N) is 2. The second-order valence-corrected chi connectivity index (χ2v) is 5.15. The number of aryl methyl sites for hydroxylation is 1. The summed E-state index contributed by atoms with van der Waals surface area (Å²) < 4.78 is 5.05. The van der Waals surface area contributed by atoms with E-state index < -0.39 is 11.9 Å². The molecule has 122 valence electrons. The summed E-state index contributed by atoms with van der Waals surface area (Å²) in [6.07, 6.45) is 0. The van der Waals surface area contributed by atoms with Gasteiger partial charge in [0.15, 0.2) is 11.3 Å². The summed E-state index contributed by atoms with van der Waals surface area (Å²) in [7, 11) is 0. The van der Waals surface area contributed by atoms with Crippen LogP contribution in [0.2, 0.25) is 0 Å². The first-order valence-corrected chi connectivity index (χ1v) is 7.39. The number of benzene rings is 1. The molecule has 3 aromatic rings. The summed E-state index contributed by atoms with van der Waals surface area (Å²) in [5.41, 5.74) is 1.49. The van der Waals surface area contributed by atoms with Crippen LogP contribution in [0.15, 0.2) is 30.3 Å². The van der Waals surface area contributed by atoms with E-state index >= 15 is 0 Å². The number of ether oxygens (including phenoxy) is 1. The maximum Gasteiger partial charge on any atom is 0.357 e. The van der Waals surface area contributed by atoms with Gasteiger partial charge in [0.05, 0.1) is 17.6 Å². The highest BCUT2D eigenvalue weighted by molar-refractivity contribution is 6.13. The average molecular weight is 325 g/mol. The molecule has 7 nitrogen and oxygen atoms in total. The van der Waals surface area contributed by atoms with Crippen molar-refractivity contribution in [2.45, 2.75) is 13.8 Å². The summed E-state index contributed by atoms with van der Waals surface area (Å²) in [6, 6.07) is 8.80. The topological polar surface area (TPSA) is 105 Å². The minimum absolute atomic E-state index is 0.0134. The fraction of sp³-hybridized carbons (Fsp3) is 0.176. The third-order valence-electron chi connectivity index (χ3n) is 3.63. The summed E-state index contributed by atoms with van der Waals surface area (Å²) in [4.78, 5) is 28.6. The summed E-state index contributed by atoms with van der Waals surface area (Å²) in [6.45, 7) is 3.55. The van der Waals surface area contributed by atoms with Gasteiger partial charge in [-0.1, -0.05) is 30.3 Å². The van der Waals surface area contributed by atoms with Gasteiger partial charge >= 0.3 is 11.9 Å². The lowest BCUT2D eigenvalue weighted by atomic mass is 9.95. The maximum atomic E-state index is 12.3. The molecule has 1 aromatic carbocycles. The van der Waals surface area contributed by atoms with E-state index in [4.69, 9.17) is 4.74 Å². The smallest absolute Gasteiger partial charge is 0.357 e. The first-order chi connectivity index (χ1) is 11.5. The highest BCUT2D eigenvalue weighted by Crippen LogP contribution is 2.33. The standard InChI is InChI=1S/C17H15N3O4/c1-3-24-17(23)14-12(10-7-5-4-6-8-10)13(16(21)22)11-9(2)19-20-15(11)18-14/h4-8H,3H2,1-2H3,(H,21,22)(H,18,19,20). The van der Waals surface area contributed by atoms with Gasteiger partial charge in [0, 0.05) is 11.3 Å². The molecule has 2 heterocycles. The van der Waals surface area contributed by atoms with Gasteiger partial charge in [-0.2, -0.15) is 5.10 Å². The molecule has 7 heteroatoms. The molecule has 0 fully saturated rings. The maximum absolute atomic E-state index is 12.3. The number of carboxylic acids is 1. The summed E-state index contributed by atoms with van der Waals surface area (Å²) in [5.74, 6) is -1.84. The number of carbonyl (C=O) groups is 2. The first kappa shape index (κ1) is 15.7. The number of fused-ring (bicyclic) bond motifs is 1. The van der Waals surface area contributed by atoms with Crippen molar-refractivity contribution >= 4 is 23.0 Å². The van der Waals surface area contributed by atoms with Crippen LogP contribution in [0.25, 0.3) is 22.2 Å². The number of carboxylic acid groups (broad SMARTS) is 1. The zero-order valence-corrected chi connectivity index (χ0v) is 13.2. The molecule has 3 rings (SSSR count). The number of hydrogen-bond acceptors (Lipinski definition) is 5. The van der Waals surface area contributed by atoms with Gasteiger partial charge in [0.2, 0.25) is 0 Å². The van der Waals surface area contributed by atoms with E-state index in [1.807, 2.05) is 6.07 Å². The van der Waals surface area contributed by atoms with Crippen molar-refractivity contribution in [3.8, 4) is 11.1 Å². The molecule has 24 heavy (non-hydrogen) atoms.